The SMILES string of the molecule is Nc1nc(-c2cccc(O)c2)nc(C(=O)C2=CCOCC2)c1[N+](=O)[O-]. The molecular formula is C16H14N4O5. The number of Topliss-reactive ketones (excluding diaryl/α,β-unsaturated/α-hetero) is 1. The fourth-order valence-corrected chi connectivity index (χ4v) is 2.47. The minimum Gasteiger partial charge on any atom is -0.508 e. The number of carbonyl (C=O) groups excluding carboxylic acids is 1. The Kier molecular flexibility index (Phi) is 4.40. The lowest BCUT2D eigenvalue weighted by Crippen LogP contribution is -2.17. The average molecular weight is 342 g/mol. The highest BCUT2D eigenvalue weighted by atomic mass is 16.6. The zero-order valence-electron chi connectivity index (χ0n) is 13.0. The van der Waals surface area contributed by atoms with Crippen molar-refractivity contribution in [2.45, 2.75) is 6.42 Å². The van der Waals surface area contributed by atoms with E-state index in [0.717, 1.165) is 0 Å². The van der Waals surface area contributed by atoms with Gasteiger partial charge in [-0.25, -0.2) is 9.97 Å². The van der Waals surface area contributed by atoms with Crippen molar-refractivity contribution in [1.29, 1.82) is 0 Å². The average Bonchev–Trinajstić information content (AvgIpc) is 2.60. The third-order valence-electron chi connectivity index (χ3n) is 3.67. The Morgan fingerprint density at radius 1 is 1.36 bits per heavy atom. The van der Waals surface area contributed by atoms with E-state index in [4.69, 9.17) is 10.5 Å². The molecule has 0 saturated carbocycles. The van der Waals surface area contributed by atoms with Gasteiger partial charge >= 0.3 is 5.69 Å². The number of nitro groups is 1. The molecule has 0 aliphatic carbocycles. The Balaban J connectivity index is 2.16. The number of ether oxygens (including phenoxy) is 1. The van der Waals surface area contributed by atoms with Crippen molar-refractivity contribution in [1.82, 2.24) is 9.97 Å². The number of benzene rings is 1. The predicted octanol–water partition coefficient (Wildman–Crippen LogP) is 1.87. The standard InChI is InChI=1S/C16H14N4O5/c17-15-13(20(23)24)12(14(22)9-4-6-25-7-5-9)18-16(19-15)10-2-1-3-11(21)8-10/h1-4,8,21H,5-7H2,(H2,17,18,19). The van der Waals surface area contributed by atoms with Crippen LogP contribution in [0.3, 0.4) is 0 Å². The van der Waals surface area contributed by atoms with Gasteiger partial charge in [-0.15, -0.1) is 0 Å². The lowest BCUT2D eigenvalue weighted by atomic mass is 10.0. The van der Waals surface area contributed by atoms with E-state index in [0.29, 0.717) is 24.2 Å². The van der Waals surface area contributed by atoms with Gasteiger partial charge in [0.1, 0.15) is 5.75 Å². The second-order valence-corrected chi connectivity index (χ2v) is 5.32. The first-order chi connectivity index (χ1) is 12.0. The summed E-state index contributed by atoms with van der Waals surface area (Å²) in [5.74, 6) is -0.993. The zero-order valence-corrected chi connectivity index (χ0v) is 13.0. The molecule has 1 aromatic carbocycles. The fourth-order valence-electron chi connectivity index (χ4n) is 2.47. The van der Waals surface area contributed by atoms with Crippen LogP contribution in [-0.4, -0.2) is 39.0 Å². The summed E-state index contributed by atoms with van der Waals surface area (Å²) in [5.41, 5.74) is 5.49. The molecule has 0 bridgehead atoms. The van der Waals surface area contributed by atoms with Gasteiger partial charge in [-0.05, 0) is 18.6 Å². The second-order valence-electron chi connectivity index (χ2n) is 5.32. The molecule has 1 aliphatic rings. The Bertz CT molecular complexity index is 894. The number of phenolic OH excluding ortho intramolecular Hbond substituents is 1. The highest BCUT2D eigenvalue weighted by molar-refractivity contribution is 6.11. The lowest BCUT2D eigenvalue weighted by Gasteiger charge is -2.13. The van der Waals surface area contributed by atoms with Gasteiger partial charge in [0.25, 0.3) is 0 Å². The molecule has 0 saturated heterocycles. The van der Waals surface area contributed by atoms with Crippen LogP contribution in [0.15, 0.2) is 35.9 Å². The maximum absolute atomic E-state index is 12.7. The summed E-state index contributed by atoms with van der Waals surface area (Å²) in [5, 5.41) is 20.9. The first-order valence-corrected chi connectivity index (χ1v) is 7.40. The number of rotatable bonds is 4. The number of hydrogen-bond donors (Lipinski definition) is 2. The maximum Gasteiger partial charge on any atom is 0.340 e. The van der Waals surface area contributed by atoms with Crippen molar-refractivity contribution in [2.24, 2.45) is 0 Å². The van der Waals surface area contributed by atoms with E-state index >= 15 is 0 Å². The van der Waals surface area contributed by atoms with Gasteiger partial charge in [-0.1, -0.05) is 18.2 Å². The smallest absolute Gasteiger partial charge is 0.340 e. The van der Waals surface area contributed by atoms with Crippen LogP contribution in [0.25, 0.3) is 11.4 Å². The number of nitrogens with zero attached hydrogens (tertiary/aromatic N) is 3. The Labute approximate surface area is 141 Å². The number of anilines is 1. The van der Waals surface area contributed by atoms with Crippen molar-refractivity contribution in [2.75, 3.05) is 18.9 Å². The minimum absolute atomic E-state index is 0.0232. The van der Waals surface area contributed by atoms with E-state index in [1.165, 1.54) is 12.1 Å². The lowest BCUT2D eigenvalue weighted by molar-refractivity contribution is -0.384. The van der Waals surface area contributed by atoms with Crippen LogP contribution in [0.2, 0.25) is 0 Å². The Morgan fingerprint density at radius 2 is 2.16 bits per heavy atom. The first-order valence-electron chi connectivity index (χ1n) is 7.40. The molecule has 3 rings (SSSR count). The van der Waals surface area contributed by atoms with E-state index in [2.05, 4.69) is 9.97 Å². The van der Waals surface area contributed by atoms with Crippen molar-refractivity contribution >= 4 is 17.3 Å². The minimum atomic E-state index is -0.769. The summed E-state index contributed by atoms with van der Waals surface area (Å²) >= 11 is 0. The highest BCUT2D eigenvalue weighted by Gasteiger charge is 2.30. The van der Waals surface area contributed by atoms with E-state index < -0.39 is 22.2 Å². The molecule has 0 atom stereocenters. The molecule has 2 heterocycles. The number of ketones is 1. The summed E-state index contributed by atoms with van der Waals surface area (Å²) in [4.78, 5) is 31.3. The van der Waals surface area contributed by atoms with Crippen LogP contribution < -0.4 is 5.73 Å². The molecular weight excluding hydrogens is 328 g/mol. The quantitative estimate of drug-likeness (QED) is 0.487. The second kappa shape index (κ2) is 6.65. The largest absolute Gasteiger partial charge is 0.508 e. The van der Waals surface area contributed by atoms with Gasteiger partial charge in [-0.3, -0.25) is 14.9 Å². The van der Waals surface area contributed by atoms with Crippen LogP contribution in [-0.2, 0) is 4.74 Å². The van der Waals surface area contributed by atoms with Gasteiger partial charge in [0.15, 0.2) is 11.5 Å². The Morgan fingerprint density at radius 3 is 2.80 bits per heavy atom. The highest BCUT2D eigenvalue weighted by Crippen LogP contribution is 2.30. The number of carbonyl (C=O) groups is 1. The Hall–Kier alpha value is -3.33. The van der Waals surface area contributed by atoms with E-state index in [1.807, 2.05) is 0 Å². The molecule has 0 radical (unpaired) electrons. The van der Waals surface area contributed by atoms with Crippen molar-refractivity contribution in [3.63, 3.8) is 0 Å². The third kappa shape index (κ3) is 3.31. The molecule has 3 N–H and O–H groups in total. The van der Waals surface area contributed by atoms with Crippen molar-refractivity contribution in [3.8, 4) is 17.1 Å². The number of aromatic hydroxyl groups is 1. The van der Waals surface area contributed by atoms with Crippen LogP contribution in [0.1, 0.15) is 16.9 Å². The summed E-state index contributed by atoms with van der Waals surface area (Å²) < 4.78 is 5.15. The molecule has 0 fully saturated rings. The summed E-state index contributed by atoms with van der Waals surface area (Å²) in [6.45, 7) is 0.611. The van der Waals surface area contributed by atoms with Crippen LogP contribution in [0.4, 0.5) is 11.5 Å². The molecule has 128 valence electrons. The molecule has 0 spiro atoms. The van der Waals surface area contributed by atoms with Crippen LogP contribution >= 0.6 is 0 Å². The number of nitrogens with two attached hydrogens (primary N) is 1. The fraction of sp³-hybridized carbons (Fsp3) is 0.188. The molecule has 9 heteroatoms. The third-order valence-corrected chi connectivity index (χ3v) is 3.67. The maximum atomic E-state index is 12.7. The van der Waals surface area contributed by atoms with E-state index in [1.54, 1.807) is 18.2 Å². The van der Waals surface area contributed by atoms with Crippen molar-refractivity contribution in [3.05, 3.63) is 51.7 Å². The molecule has 1 aromatic heterocycles. The molecule has 0 unspecified atom stereocenters. The van der Waals surface area contributed by atoms with Gasteiger partial charge in [-0.2, -0.15) is 0 Å². The molecule has 9 nitrogen and oxygen atoms in total. The molecule has 2 aromatic rings. The summed E-state index contributed by atoms with van der Waals surface area (Å²) in [7, 11) is 0. The van der Waals surface area contributed by atoms with E-state index in [9.17, 15) is 20.0 Å². The molecule has 0 amide bonds. The number of aromatic nitrogens is 2. The summed E-state index contributed by atoms with van der Waals surface area (Å²) in [6, 6.07) is 6.00. The normalized spacial score (nSPS) is 14.0. The predicted molar refractivity (Wildman–Crippen MR) is 88.0 cm³/mol. The van der Waals surface area contributed by atoms with Crippen LogP contribution in [0, 0.1) is 10.1 Å². The monoisotopic (exact) mass is 342 g/mol. The number of hydrogen-bond acceptors (Lipinski definition) is 8. The molecule has 25 heavy (non-hydrogen) atoms. The zero-order chi connectivity index (χ0) is 18.0. The van der Waals surface area contributed by atoms with Crippen LogP contribution in [0.5, 0.6) is 5.75 Å². The molecule has 1 aliphatic heterocycles. The number of nitrogen functional groups attached to an aromatic ring is 1. The summed E-state index contributed by atoms with van der Waals surface area (Å²) in [6.07, 6.45) is 1.91. The van der Waals surface area contributed by atoms with E-state index in [-0.39, 0.29) is 23.9 Å². The topological polar surface area (TPSA) is 141 Å². The van der Waals surface area contributed by atoms with Gasteiger partial charge in [0, 0.05) is 11.1 Å². The van der Waals surface area contributed by atoms with Crippen molar-refractivity contribution < 1.29 is 19.6 Å². The van der Waals surface area contributed by atoms with Gasteiger partial charge in [0.05, 0.1) is 18.1 Å². The van der Waals surface area contributed by atoms with Gasteiger partial charge < -0.3 is 15.6 Å². The van der Waals surface area contributed by atoms with Gasteiger partial charge in [0.2, 0.25) is 11.6 Å². The first kappa shape index (κ1) is 16.5. The number of phenols is 1.